The zero-order chi connectivity index (χ0) is 36.3. The molecule has 11 aromatic rings. The molecule has 9 aromatic carbocycles. The summed E-state index contributed by atoms with van der Waals surface area (Å²) < 4.78 is 6.61. The highest BCUT2D eigenvalue weighted by Gasteiger charge is 2.15. The van der Waals surface area contributed by atoms with E-state index in [0.717, 1.165) is 55.7 Å². The van der Waals surface area contributed by atoms with Crippen LogP contribution in [0.15, 0.2) is 199 Å². The second kappa shape index (κ2) is 12.6. The summed E-state index contributed by atoms with van der Waals surface area (Å²) >= 11 is 0. The molecule has 0 spiro atoms. The van der Waals surface area contributed by atoms with Crippen LogP contribution in [0.2, 0.25) is 0 Å². The Bertz CT molecular complexity index is 3270. The number of hydrogen-bond acceptors (Lipinski definition) is 3. The van der Waals surface area contributed by atoms with E-state index in [-0.39, 0.29) is 0 Å². The summed E-state index contributed by atoms with van der Waals surface area (Å²) in [6.45, 7) is 0. The molecule has 0 bridgehead atoms. The number of para-hydroxylation sites is 1. The van der Waals surface area contributed by atoms with Gasteiger partial charge < -0.3 is 4.42 Å². The highest BCUT2D eigenvalue weighted by Crippen LogP contribution is 2.38. The first-order valence-electron chi connectivity index (χ1n) is 18.6. The monoisotopic (exact) mass is 700 g/mol. The summed E-state index contributed by atoms with van der Waals surface area (Å²) in [5.41, 5.74) is 11.4. The number of nitrogens with zero attached hydrogens (tertiary/aromatic N) is 2. The van der Waals surface area contributed by atoms with Crippen LogP contribution in [0.1, 0.15) is 0 Å². The molecule has 3 heteroatoms. The number of rotatable bonds is 5. The summed E-state index contributed by atoms with van der Waals surface area (Å²) in [6.07, 6.45) is 1.90. The van der Waals surface area contributed by atoms with Gasteiger partial charge in [0.05, 0.1) is 5.69 Å². The van der Waals surface area contributed by atoms with Crippen molar-refractivity contribution in [2.75, 3.05) is 0 Å². The predicted octanol–water partition coefficient (Wildman–Crippen LogP) is 14.2. The third-order valence-corrected chi connectivity index (χ3v) is 10.9. The van der Waals surface area contributed by atoms with Crippen molar-refractivity contribution in [2.45, 2.75) is 0 Å². The minimum atomic E-state index is 0.613. The van der Waals surface area contributed by atoms with Gasteiger partial charge in [-0.2, -0.15) is 0 Å². The van der Waals surface area contributed by atoms with E-state index in [1.165, 1.54) is 48.7 Å². The van der Waals surface area contributed by atoms with Crippen LogP contribution in [0.5, 0.6) is 0 Å². The highest BCUT2D eigenvalue weighted by molar-refractivity contribution is 6.10. The fourth-order valence-corrected chi connectivity index (χ4v) is 8.12. The molecule has 0 amide bonds. The molecule has 2 aromatic heterocycles. The molecule has 256 valence electrons. The van der Waals surface area contributed by atoms with Crippen LogP contribution in [-0.2, 0) is 0 Å². The maximum Gasteiger partial charge on any atom is 0.227 e. The number of hydrogen-bond donors (Lipinski definition) is 0. The molecule has 0 fully saturated rings. The van der Waals surface area contributed by atoms with E-state index in [0.29, 0.717) is 5.89 Å². The Labute approximate surface area is 317 Å². The Balaban J connectivity index is 0.921. The lowest BCUT2D eigenvalue weighted by Gasteiger charge is -2.10. The Morgan fingerprint density at radius 3 is 1.75 bits per heavy atom. The van der Waals surface area contributed by atoms with Gasteiger partial charge >= 0.3 is 0 Å². The molecular formula is C52H32N2O. The van der Waals surface area contributed by atoms with Crippen LogP contribution in [0, 0.1) is 0 Å². The zero-order valence-electron chi connectivity index (χ0n) is 29.8. The maximum atomic E-state index is 6.61. The third-order valence-electron chi connectivity index (χ3n) is 10.9. The average Bonchev–Trinajstić information content (AvgIpc) is 3.71. The second-order valence-corrected chi connectivity index (χ2v) is 14.2. The first kappa shape index (κ1) is 31.2. The fraction of sp³-hybridized carbons (Fsp3) is 0. The lowest BCUT2D eigenvalue weighted by Crippen LogP contribution is -1.87. The van der Waals surface area contributed by atoms with Gasteiger partial charge in [-0.25, -0.2) is 4.98 Å². The molecule has 0 N–H and O–H groups in total. The van der Waals surface area contributed by atoms with Crippen LogP contribution in [-0.4, -0.2) is 9.97 Å². The van der Waals surface area contributed by atoms with Crippen LogP contribution in [0.25, 0.3) is 110 Å². The van der Waals surface area contributed by atoms with Crippen molar-refractivity contribution < 1.29 is 4.42 Å². The SMILES string of the molecule is c1ccc(-c2ccnc(-c3ccc4c(ccc5cc(-c6cccc7nc(-c8cccc(-c9ccc%10c(ccc%11ccccc%11%10)c9)c8)oc67)ccc54)c3)c2)cc1. The second-order valence-electron chi connectivity index (χ2n) is 14.2. The Hall–Kier alpha value is -7.36. The lowest BCUT2D eigenvalue weighted by atomic mass is 9.95. The van der Waals surface area contributed by atoms with Crippen molar-refractivity contribution in [1.29, 1.82) is 0 Å². The van der Waals surface area contributed by atoms with Gasteiger partial charge in [0.2, 0.25) is 5.89 Å². The minimum absolute atomic E-state index is 0.613. The Morgan fingerprint density at radius 2 is 0.927 bits per heavy atom. The first-order valence-corrected chi connectivity index (χ1v) is 18.6. The van der Waals surface area contributed by atoms with Crippen molar-refractivity contribution in [1.82, 2.24) is 9.97 Å². The van der Waals surface area contributed by atoms with Gasteiger partial charge in [-0.05, 0) is 119 Å². The van der Waals surface area contributed by atoms with E-state index in [1.54, 1.807) is 0 Å². The van der Waals surface area contributed by atoms with E-state index in [4.69, 9.17) is 14.4 Å². The van der Waals surface area contributed by atoms with Crippen molar-refractivity contribution in [3.63, 3.8) is 0 Å². The Morgan fingerprint density at radius 1 is 0.345 bits per heavy atom. The van der Waals surface area contributed by atoms with E-state index in [2.05, 4.69) is 176 Å². The average molecular weight is 701 g/mol. The van der Waals surface area contributed by atoms with Gasteiger partial charge in [0.1, 0.15) is 5.52 Å². The molecule has 0 aliphatic heterocycles. The van der Waals surface area contributed by atoms with Gasteiger partial charge in [-0.1, -0.05) is 140 Å². The molecule has 0 radical (unpaired) electrons. The maximum absolute atomic E-state index is 6.61. The zero-order valence-corrected chi connectivity index (χ0v) is 29.8. The number of pyridine rings is 1. The van der Waals surface area contributed by atoms with Gasteiger partial charge in [0, 0.05) is 22.9 Å². The van der Waals surface area contributed by atoms with E-state index >= 15 is 0 Å². The van der Waals surface area contributed by atoms with Gasteiger partial charge in [0.15, 0.2) is 5.58 Å². The highest BCUT2D eigenvalue weighted by atomic mass is 16.3. The van der Waals surface area contributed by atoms with Crippen molar-refractivity contribution >= 4 is 54.2 Å². The molecule has 0 aliphatic carbocycles. The third kappa shape index (κ3) is 5.45. The molecule has 55 heavy (non-hydrogen) atoms. The summed E-state index contributed by atoms with van der Waals surface area (Å²) in [4.78, 5) is 9.69. The molecular weight excluding hydrogens is 669 g/mol. The molecule has 0 unspecified atom stereocenters. The van der Waals surface area contributed by atoms with Gasteiger partial charge in [-0.3, -0.25) is 4.98 Å². The van der Waals surface area contributed by atoms with E-state index in [1.807, 2.05) is 18.3 Å². The topological polar surface area (TPSA) is 38.9 Å². The van der Waals surface area contributed by atoms with Gasteiger partial charge in [0.25, 0.3) is 0 Å². The van der Waals surface area contributed by atoms with Crippen LogP contribution in [0.4, 0.5) is 0 Å². The van der Waals surface area contributed by atoms with Crippen LogP contribution < -0.4 is 0 Å². The molecule has 0 saturated heterocycles. The Kier molecular flexibility index (Phi) is 7.17. The summed E-state index contributed by atoms with van der Waals surface area (Å²) in [7, 11) is 0. The summed E-state index contributed by atoms with van der Waals surface area (Å²) in [5.74, 6) is 0.613. The van der Waals surface area contributed by atoms with Crippen molar-refractivity contribution in [3.8, 4) is 56.1 Å². The summed E-state index contributed by atoms with van der Waals surface area (Å²) in [6, 6.07) is 66.8. The smallest absolute Gasteiger partial charge is 0.227 e. The largest absolute Gasteiger partial charge is 0.435 e. The van der Waals surface area contributed by atoms with Gasteiger partial charge in [-0.15, -0.1) is 0 Å². The fourth-order valence-electron chi connectivity index (χ4n) is 8.12. The molecule has 0 aliphatic rings. The van der Waals surface area contributed by atoms with E-state index in [9.17, 15) is 0 Å². The summed E-state index contributed by atoms with van der Waals surface area (Å²) in [5, 5.41) is 9.80. The minimum Gasteiger partial charge on any atom is -0.435 e. The standard InChI is InChI=1S/C52H32N2O/c1-2-8-33(9-3-1)37-26-27-53-50(32-37)42-22-25-47-40(31-42)19-18-39-30-41(21-24-46(39)47)48-14-7-15-49-51(48)55-52(54-49)43-12-6-11-35(29-43)36-20-23-45-38(28-36)17-16-34-10-4-5-13-44(34)45/h1-32H. The normalized spacial score (nSPS) is 11.6. The first-order chi connectivity index (χ1) is 27.2. The van der Waals surface area contributed by atoms with Crippen LogP contribution >= 0.6 is 0 Å². The number of aromatic nitrogens is 2. The quantitative estimate of drug-likeness (QED) is 0.168. The number of fused-ring (bicyclic) bond motifs is 7. The molecule has 11 rings (SSSR count). The molecule has 0 atom stereocenters. The van der Waals surface area contributed by atoms with Crippen molar-refractivity contribution in [2.24, 2.45) is 0 Å². The van der Waals surface area contributed by atoms with Crippen LogP contribution in [0.3, 0.4) is 0 Å². The van der Waals surface area contributed by atoms with E-state index < -0.39 is 0 Å². The number of benzene rings is 9. The molecule has 0 saturated carbocycles. The molecule has 3 nitrogen and oxygen atoms in total. The van der Waals surface area contributed by atoms with Crippen molar-refractivity contribution in [3.05, 3.63) is 194 Å². The predicted molar refractivity (Wildman–Crippen MR) is 229 cm³/mol. The molecule has 2 heterocycles. The number of oxazole rings is 1. The lowest BCUT2D eigenvalue weighted by molar-refractivity contribution is 0.621.